The normalized spacial score (nSPS) is 26.6. The molecule has 1 aliphatic carbocycles. The minimum atomic E-state index is 0.624. The Hall–Kier alpha value is -1.02. The zero-order chi connectivity index (χ0) is 14.1. The van der Waals surface area contributed by atoms with Crippen molar-refractivity contribution in [1.29, 1.82) is 0 Å². The second kappa shape index (κ2) is 5.77. The summed E-state index contributed by atoms with van der Waals surface area (Å²) in [4.78, 5) is 0. The van der Waals surface area contributed by atoms with Crippen LogP contribution >= 0.6 is 15.9 Å². The predicted molar refractivity (Wildman–Crippen MR) is 91.2 cm³/mol. The Bertz CT molecular complexity index is 607. The van der Waals surface area contributed by atoms with Gasteiger partial charge in [0.15, 0.2) is 0 Å². The monoisotopic (exact) mass is 331 g/mol. The molecule has 0 bridgehead atoms. The average Bonchev–Trinajstić information content (AvgIpc) is 2.42. The maximum Gasteiger partial charge on any atom is 0.0348 e. The fourth-order valence-electron chi connectivity index (χ4n) is 3.40. The summed E-state index contributed by atoms with van der Waals surface area (Å²) >= 11 is 3.53. The van der Waals surface area contributed by atoms with Crippen molar-refractivity contribution in [3.8, 4) is 0 Å². The molecule has 2 heteroatoms. The molecule has 0 aromatic heterocycles. The summed E-state index contributed by atoms with van der Waals surface area (Å²) < 4.78 is 1.14. The minimum Gasteiger partial charge on any atom is -0.382 e. The number of anilines is 1. The smallest absolute Gasteiger partial charge is 0.0348 e. The summed E-state index contributed by atoms with van der Waals surface area (Å²) in [7, 11) is 0. The molecule has 2 aromatic rings. The predicted octanol–water partition coefficient (Wildman–Crippen LogP) is 5.84. The van der Waals surface area contributed by atoms with Gasteiger partial charge in [0.2, 0.25) is 0 Å². The first kappa shape index (κ1) is 13.9. The lowest BCUT2D eigenvalue weighted by molar-refractivity contribution is 0.276. The third-order valence-electron chi connectivity index (χ3n) is 4.59. The van der Waals surface area contributed by atoms with E-state index in [1.165, 1.54) is 35.7 Å². The maximum absolute atomic E-state index is 3.75. The molecule has 20 heavy (non-hydrogen) atoms. The number of halogens is 1. The van der Waals surface area contributed by atoms with Crippen LogP contribution in [0.2, 0.25) is 0 Å². The van der Waals surface area contributed by atoms with Crippen LogP contribution in [0.1, 0.15) is 33.1 Å². The zero-order valence-corrected chi connectivity index (χ0v) is 13.8. The molecule has 3 rings (SSSR count). The van der Waals surface area contributed by atoms with Crippen LogP contribution in [0.5, 0.6) is 0 Å². The molecule has 3 unspecified atom stereocenters. The van der Waals surface area contributed by atoms with Crippen LogP contribution in [-0.2, 0) is 0 Å². The SMILES string of the molecule is CC1CCC(Nc2ccc3cc(Br)ccc3c2)C(C)C1. The van der Waals surface area contributed by atoms with Crippen LogP contribution in [0.3, 0.4) is 0 Å². The lowest BCUT2D eigenvalue weighted by Crippen LogP contribution is -2.32. The molecule has 3 atom stereocenters. The Kier molecular flexibility index (Phi) is 4.02. The Morgan fingerprint density at radius 3 is 2.55 bits per heavy atom. The van der Waals surface area contributed by atoms with Gasteiger partial charge in [-0.3, -0.25) is 0 Å². The van der Waals surface area contributed by atoms with E-state index in [2.05, 4.69) is 71.5 Å². The number of nitrogens with one attached hydrogen (secondary N) is 1. The van der Waals surface area contributed by atoms with Gasteiger partial charge in [-0.25, -0.2) is 0 Å². The van der Waals surface area contributed by atoms with Crippen molar-refractivity contribution in [2.24, 2.45) is 11.8 Å². The largest absolute Gasteiger partial charge is 0.382 e. The molecule has 1 saturated carbocycles. The van der Waals surface area contributed by atoms with Crippen molar-refractivity contribution in [3.63, 3.8) is 0 Å². The zero-order valence-electron chi connectivity index (χ0n) is 12.2. The van der Waals surface area contributed by atoms with Crippen LogP contribution in [0.15, 0.2) is 40.9 Å². The van der Waals surface area contributed by atoms with Gasteiger partial charge in [-0.15, -0.1) is 0 Å². The molecule has 0 radical (unpaired) electrons. The van der Waals surface area contributed by atoms with Crippen LogP contribution in [-0.4, -0.2) is 6.04 Å². The highest BCUT2D eigenvalue weighted by Crippen LogP contribution is 2.31. The molecule has 0 saturated heterocycles. The Labute approximate surface area is 129 Å². The quantitative estimate of drug-likeness (QED) is 0.728. The molecule has 1 nitrogen and oxygen atoms in total. The van der Waals surface area contributed by atoms with Gasteiger partial charge in [-0.05, 0) is 66.1 Å². The third-order valence-corrected chi connectivity index (χ3v) is 5.08. The molecule has 0 aliphatic heterocycles. The van der Waals surface area contributed by atoms with Crippen molar-refractivity contribution in [1.82, 2.24) is 0 Å². The molecular weight excluding hydrogens is 310 g/mol. The molecule has 106 valence electrons. The van der Waals surface area contributed by atoms with Gasteiger partial charge >= 0.3 is 0 Å². The van der Waals surface area contributed by atoms with E-state index >= 15 is 0 Å². The molecule has 1 aliphatic rings. The molecule has 1 N–H and O–H groups in total. The lowest BCUT2D eigenvalue weighted by atomic mass is 9.80. The van der Waals surface area contributed by atoms with Gasteiger partial charge in [0.1, 0.15) is 0 Å². The summed E-state index contributed by atoms with van der Waals surface area (Å²) in [5.74, 6) is 1.65. The number of hydrogen-bond donors (Lipinski definition) is 1. The van der Waals surface area contributed by atoms with Gasteiger partial charge in [-0.2, -0.15) is 0 Å². The van der Waals surface area contributed by atoms with E-state index in [9.17, 15) is 0 Å². The summed E-state index contributed by atoms with van der Waals surface area (Å²) in [6.07, 6.45) is 3.99. The van der Waals surface area contributed by atoms with Gasteiger partial charge in [0, 0.05) is 16.2 Å². The van der Waals surface area contributed by atoms with Crippen LogP contribution < -0.4 is 5.32 Å². The van der Waals surface area contributed by atoms with Crippen LogP contribution in [0, 0.1) is 11.8 Å². The Morgan fingerprint density at radius 1 is 1.00 bits per heavy atom. The first-order valence-corrected chi connectivity index (χ1v) is 8.37. The Morgan fingerprint density at radius 2 is 1.75 bits per heavy atom. The second-order valence-corrected chi connectivity index (χ2v) is 7.27. The van der Waals surface area contributed by atoms with Crippen molar-refractivity contribution in [3.05, 3.63) is 40.9 Å². The van der Waals surface area contributed by atoms with Gasteiger partial charge in [0.25, 0.3) is 0 Å². The molecule has 0 spiro atoms. The topological polar surface area (TPSA) is 12.0 Å². The van der Waals surface area contributed by atoms with Crippen molar-refractivity contribution >= 4 is 32.4 Å². The summed E-state index contributed by atoms with van der Waals surface area (Å²) in [5, 5.41) is 6.33. The lowest BCUT2D eigenvalue weighted by Gasteiger charge is -2.33. The van der Waals surface area contributed by atoms with Crippen molar-refractivity contribution in [2.75, 3.05) is 5.32 Å². The highest BCUT2D eigenvalue weighted by Gasteiger charge is 2.24. The van der Waals surface area contributed by atoms with E-state index < -0.39 is 0 Å². The fourth-order valence-corrected chi connectivity index (χ4v) is 3.78. The van der Waals surface area contributed by atoms with E-state index in [-0.39, 0.29) is 0 Å². The first-order chi connectivity index (χ1) is 9.61. The van der Waals surface area contributed by atoms with E-state index in [0.29, 0.717) is 6.04 Å². The summed E-state index contributed by atoms with van der Waals surface area (Å²) in [6.45, 7) is 4.76. The number of hydrogen-bond acceptors (Lipinski definition) is 1. The molecule has 0 amide bonds. The number of benzene rings is 2. The standard InChI is InChI=1S/C18H22BrN/c1-12-3-8-18(13(2)9-12)20-17-7-5-14-10-16(19)6-4-15(14)11-17/h4-7,10-13,18,20H,3,8-9H2,1-2H3. The second-order valence-electron chi connectivity index (χ2n) is 6.35. The molecule has 2 aromatic carbocycles. The average molecular weight is 332 g/mol. The van der Waals surface area contributed by atoms with Crippen molar-refractivity contribution in [2.45, 2.75) is 39.2 Å². The summed E-state index contributed by atoms with van der Waals surface area (Å²) in [6, 6.07) is 13.8. The first-order valence-electron chi connectivity index (χ1n) is 7.57. The number of fused-ring (bicyclic) bond motifs is 1. The van der Waals surface area contributed by atoms with E-state index in [1.54, 1.807) is 0 Å². The minimum absolute atomic E-state index is 0.624. The number of rotatable bonds is 2. The van der Waals surface area contributed by atoms with Gasteiger partial charge in [0.05, 0.1) is 0 Å². The van der Waals surface area contributed by atoms with E-state index in [0.717, 1.165) is 16.3 Å². The van der Waals surface area contributed by atoms with E-state index in [1.807, 2.05) is 0 Å². The fraction of sp³-hybridized carbons (Fsp3) is 0.444. The van der Waals surface area contributed by atoms with Gasteiger partial charge < -0.3 is 5.32 Å². The van der Waals surface area contributed by atoms with Gasteiger partial charge in [-0.1, -0.05) is 41.9 Å². The highest BCUT2D eigenvalue weighted by molar-refractivity contribution is 9.10. The van der Waals surface area contributed by atoms with Crippen LogP contribution in [0.4, 0.5) is 5.69 Å². The highest BCUT2D eigenvalue weighted by atomic mass is 79.9. The van der Waals surface area contributed by atoms with E-state index in [4.69, 9.17) is 0 Å². The summed E-state index contributed by atoms with van der Waals surface area (Å²) in [5.41, 5.74) is 1.26. The molecule has 0 heterocycles. The van der Waals surface area contributed by atoms with Crippen LogP contribution in [0.25, 0.3) is 10.8 Å². The Balaban J connectivity index is 1.79. The molecular formula is C18H22BrN. The maximum atomic E-state index is 3.75. The molecule has 1 fully saturated rings. The van der Waals surface area contributed by atoms with Crippen molar-refractivity contribution < 1.29 is 0 Å². The third kappa shape index (κ3) is 3.01.